The number of ether oxygens (including phenoxy) is 2. The fourth-order valence-corrected chi connectivity index (χ4v) is 3.18. The number of thiocarbonyl (C=S) groups is 1. The van der Waals surface area contributed by atoms with Crippen molar-refractivity contribution in [2.75, 3.05) is 26.9 Å². The summed E-state index contributed by atoms with van der Waals surface area (Å²) >= 11 is 5.34. The number of carbonyl (C=O) groups is 1. The van der Waals surface area contributed by atoms with Gasteiger partial charge in [-0.25, -0.2) is 13.6 Å². The number of nitrogens with zero attached hydrogens (tertiary/aromatic N) is 1. The van der Waals surface area contributed by atoms with Crippen LogP contribution in [0.4, 0.5) is 8.78 Å². The van der Waals surface area contributed by atoms with Crippen molar-refractivity contribution < 1.29 is 23.0 Å². The van der Waals surface area contributed by atoms with Gasteiger partial charge in [0, 0.05) is 19.4 Å². The van der Waals surface area contributed by atoms with Crippen molar-refractivity contribution in [3.63, 3.8) is 0 Å². The van der Waals surface area contributed by atoms with E-state index in [1.54, 1.807) is 11.8 Å². The molecule has 1 aromatic carbocycles. The summed E-state index contributed by atoms with van der Waals surface area (Å²) in [4.78, 5) is 14.4. The highest BCUT2D eigenvalue weighted by Crippen LogP contribution is 2.34. The van der Waals surface area contributed by atoms with Crippen LogP contribution in [0.5, 0.6) is 0 Å². The van der Waals surface area contributed by atoms with Crippen LogP contribution in [0, 0.1) is 11.6 Å². The number of carbonyl (C=O) groups excluding carboxylic acids is 1. The zero-order valence-corrected chi connectivity index (χ0v) is 15.8. The Kier molecular flexibility index (Phi) is 7.05. The lowest BCUT2D eigenvalue weighted by Gasteiger charge is -2.37. The first-order chi connectivity index (χ1) is 12.4. The molecule has 0 aliphatic carbocycles. The van der Waals surface area contributed by atoms with Gasteiger partial charge in [0.2, 0.25) is 0 Å². The first-order valence-electron chi connectivity index (χ1n) is 8.31. The number of hydrogen-bond acceptors (Lipinski definition) is 4. The van der Waals surface area contributed by atoms with E-state index >= 15 is 0 Å². The van der Waals surface area contributed by atoms with Gasteiger partial charge in [0.15, 0.2) is 5.11 Å². The molecule has 142 valence electrons. The molecule has 0 spiro atoms. The predicted octanol–water partition coefficient (Wildman–Crippen LogP) is 3.07. The van der Waals surface area contributed by atoms with Crippen LogP contribution in [0.15, 0.2) is 29.5 Å². The van der Waals surface area contributed by atoms with E-state index in [4.69, 9.17) is 21.7 Å². The van der Waals surface area contributed by atoms with Gasteiger partial charge in [-0.2, -0.15) is 0 Å². The Balaban J connectivity index is 2.51. The lowest BCUT2D eigenvalue weighted by molar-refractivity contribution is -0.140. The number of esters is 1. The third kappa shape index (κ3) is 4.19. The third-order valence-electron chi connectivity index (χ3n) is 4.07. The normalized spacial score (nSPS) is 17.3. The second kappa shape index (κ2) is 9.05. The summed E-state index contributed by atoms with van der Waals surface area (Å²) in [5, 5.41) is 3.20. The Labute approximate surface area is 157 Å². The average Bonchev–Trinajstić information content (AvgIpc) is 2.58. The molecular weight excluding hydrogens is 362 g/mol. The van der Waals surface area contributed by atoms with Crippen molar-refractivity contribution in [1.29, 1.82) is 0 Å². The molecule has 26 heavy (non-hydrogen) atoms. The number of hydrogen-bond donors (Lipinski definition) is 1. The molecule has 0 radical (unpaired) electrons. The van der Waals surface area contributed by atoms with E-state index in [0.717, 1.165) is 18.6 Å². The molecule has 1 atom stereocenters. The molecule has 0 saturated carbocycles. The Bertz CT molecular complexity index is 704. The maximum absolute atomic E-state index is 14.3. The van der Waals surface area contributed by atoms with Crippen molar-refractivity contribution >= 4 is 23.3 Å². The van der Waals surface area contributed by atoms with Gasteiger partial charge in [0.25, 0.3) is 0 Å². The topological polar surface area (TPSA) is 50.8 Å². The zero-order chi connectivity index (χ0) is 19.3. The fourth-order valence-electron chi connectivity index (χ4n) is 2.84. The number of rotatable bonds is 7. The van der Waals surface area contributed by atoms with Crippen molar-refractivity contribution in [3.05, 3.63) is 46.7 Å². The lowest BCUT2D eigenvalue weighted by atomic mass is 9.94. The Morgan fingerprint density at radius 2 is 1.96 bits per heavy atom. The van der Waals surface area contributed by atoms with E-state index in [0.29, 0.717) is 17.4 Å². The minimum atomic E-state index is -1.06. The maximum Gasteiger partial charge on any atom is 0.338 e. The van der Waals surface area contributed by atoms with E-state index in [9.17, 15) is 13.6 Å². The summed E-state index contributed by atoms with van der Waals surface area (Å²) in [6.07, 6.45) is 0.782. The number of methoxy groups -OCH3 is 1. The highest BCUT2D eigenvalue weighted by atomic mass is 32.1. The second-order valence-electron chi connectivity index (χ2n) is 5.80. The van der Waals surface area contributed by atoms with Crippen LogP contribution in [0.2, 0.25) is 0 Å². The molecule has 0 fully saturated rings. The van der Waals surface area contributed by atoms with Gasteiger partial charge in [0.05, 0.1) is 23.8 Å². The molecule has 0 unspecified atom stereocenters. The van der Waals surface area contributed by atoms with Crippen molar-refractivity contribution in [1.82, 2.24) is 10.2 Å². The molecule has 1 heterocycles. The summed E-state index contributed by atoms with van der Waals surface area (Å²) in [6.45, 7) is 4.49. The summed E-state index contributed by atoms with van der Waals surface area (Å²) < 4.78 is 38.8. The van der Waals surface area contributed by atoms with Crippen LogP contribution in [-0.4, -0.2) is 42.8 Å². The SMILES string of the molecule is CCCN1C(=S)N[C@@H](c2c(F)cccc2F)C(C(=O)OCCOC)=C1C. The van der Waals surface area contributed by atoms with Crippen LogP contribution in [0.25, 0.3) is 0 Å². The number of nitrogens with one attached hydrogen (secondary N) is 1. The first-order valence-corrected chi connectivity index (χ1v) is 8.71. The molecule has 1 N–H and O–H groups in total. The number of allylic oxidation sites excluding steroid dienone is 1. The molecule has 1 aliphatic rings. The maximum atomic E-state index is 14.3. The molecule has 0 aromatic heterocycles. The summed E-state index contributed by atoms with van der Waals surface area (Å²) in [5.74, 6) is -2.18. The largest absolute Gasteiger partial charge is 0.460 e. The Morgan fingerprint density at radius 1 is 1.31 bits per heavy atom. The molecular formula is C18H22F2N2O3S. The Morgan fingerprint density at radius 3 is 2.54 bits per heavy atom. The molecule has 5 nitrogen and oxygen atoms in total. The molecule has 2 rings (SSSR count). The van der Waals surface area contributed by atoms with Crippen LogP contribution < -0.4 is 5.32 Å². The van der Waals surface area contributed by atoms with Gasteiger partial charge in [-0.3, -0.25) is 0 Å². The predicted molar refractivity (Wildman–Crippen MR) is 97.4 cm³/mol. The van der Waals surface area contributed by atoms with Crippen molar-refractivity contribution in [2.45, 2.75) is 26.3 Å². The van der Waals surface area contributed by atoms with Crippen molar-refractivity contribution in [2.24, 2.45) is 0 Å². The van der Waals surface area contributed by atoms with Crippen LogP contribution in [0.1, 0.15) is 31.9 Å². The van der Waals surface area contributed by atoms with Crippen LogP contribution in [-0.2, 0) is 14.3 Å². The van der Waals surface area contributed by atoms with E-state index < -0.39 is 23.6 Å². The average molecular weight is 384 g/mol. The van der Waals surface area contributed by atoms with Gasteiger partial charge in [-0.05, 0) is 37.7 Å². The first kappa shape index (κ1) is 20.3. The molecule has 0 saturated heterocycles. The summed E-state index contributed by atoms with van der Waals surface area (Å²) in [5.41, 5.74) is 0.391. The van der Waals surface area contributed by atoms with Gasteiger partial charge in [-0.1, -0.05) is 13.0 Å². The third-order valence-corrected chi connectivity index (χ3v) is 4.41. The smallest absolute Gasteiger partial charge is 0.338 e. The van der Waals surface area contributed by atoms with Crippen LogP contribution in [0.3, 0.4) is 0 Å². The van der Waals surface area contributed by atoms with Crippen molar-refractivity contribution in [3.8, 4) is 0 Å². The monoisotopic (exact) mass is 384 g/mol. The van der Waals surface area contributed by atoms with E-state index in [1.165, 1.54) is 13.2 Å². The quantitative estimate of drug-likeness (QED) is 0.443. The van der Waals surface area contributed by atoms with E-state index in [2.05, 4.69) is 5.32 Å². The zero-order valence-electron chi connectivity index (χ0n) is 15.0. The van der Waals surface area contributed by atoms with E-state index in [-0.39, 0.29) is 24.4 Å². The molecule has 1 aromatic rings. The van der Waals surface area contributed by atoms with Crippen LogP contribution >= 0.6 is 12.2 Å². The minimum absolute atomic E-state index is 0.0385. The fraction of sp³-hybridized carbons (Fsp3) is 0.444. The highest BCUT2D eigenvalue weighted by molar-refractivity contribution is 7.80. The molecule has 0 amide bonds. The molecule has 1 aliphatic heterocycles. The second-order valence-corrected chi connectivity index (χ2v) is 6.18. The Hall–Kier alpha value is -2.06. The lowest BCUT2D eigenvalue weighted by Crippen LogP contribution is -2.48. The number of benzene rings is 1. The van der Waals surface area contributed by atoms with Gasteiger partial charge < -0.3 is 19.7 Å². The number of halogens is 2. The van der Waals surface area contributed by atoms with E-state index in [1.807, 2.05) is 6.92 Å². The summed E-state index contributed by atoms with van der Waals surface area (Å²) in [6, 6.07) is 2.49. The van der Waals surface area contributed by atoms with Gasteiger partial charge in [-0.15, -0.1) is 0 Å². The standard InChI is InChI=1S/C18H22F2N2O3S/c1-4-8-22-11(2)14(17(23)25-10-9-24-3)16(21-18(22)26)15-12(19)6-5-7-13(15)20/h5-7,16H,4,8-10H2,1-3H3,(H,21,26)/t16-/m1/s1. The molecule has 0 bridgehead atoms. The summed E-state index contributed by atoms with van der Waals surface area (Å²) in [7, 11) is 1.49. The minimum Gasteiger partial charge on any atom is -0.460 e. The van der Waals surface area contributed by atoms with Gasteiger partial charge in [0.1, 0.15) is 18.2 Å². The van der Waals surface area contributed by atoms with Gasteiger partial charge >= 0.3 is 5.97 Å². The highest BCUT2D eigenvalue weighted by Gasteiger charge is 2.37. The molecule has 8 heteroatoms.